The highest BCUT2D eigenvalue weighted by molar-refractivity contribution is 6.08. The second-order valence-electron chi connectivity index (χ2n) is 5.13. The smallest absolute Gasteiger partial charge is 0.256 e. The average Bonchev–Trinajstić information content (AvgIpc) is 3.15. The topological polar surface area (TPSA) is 72.2 Å². The van der Waals surface area contributed by atoms with Crippen LogP contribution in [0.25, 0.3) is 0 Å². The van der Waals surface area contributed by atoms with Gasteiger partial charge in [0, 0.05) is 17.7 Å². The van der Waals surface area contributed by atoms with Crippen molar-refractivity contribution in [3.05, 3.63) is 89.1 Å². The summed E-state index contributed by atoms with van der Waals surface area (Å²) in [5.74, 6) is -0.858. The van der Waals surface area contributed by atoms with Crippen molar-refractivity contribution in [3.63, 3.8) is 0 Å². The van der Waals surface area contributed by atoms with Gasteiger partial charge in [-0.15, -0.1) is 0 Å². The van der Waals surface area contributed by atoms with Crippen LogP contribution in [-0.2, 0) is 6.54 Å². The Morgan fingerprint density at radius 3 is 2.17 bits per heavy atom. The largest absolute Gasteiger partial charge is 0.364 e. The molecule has 0 radical (unpaired) electrons. The number of rotatable bonds is 5. The second kappa shape index (κ2) is 6.87. The van der Waals surface area contributed by atoms with E-state index in [1.165, 1.54) is 36.7 Å². The highest BCUT2D eigenvalue weighted by Gasteiger charge is 2.10. The zero-order valence-corrected chi connectivity index (χ0v) is 12.5. The summed E-state index contributed by atoms with van der Waals surface area (Å²) >= 11 is 0. The first kappa shape index (κ1) is 15.6. The zero-order valence-electron chi connectivity index (χ0n) is 12.5. The van der Waals surface area contributed by atoms with E-state index in [0.29, 0.717) is 23.2 Å². The van der Waals surface area contributed by atoms with Crippen LogP contribution in [0, 0.1) is 5.82 Å². The first-order chi connectivity index (χ1) is 11.6. The van der Waals surface area contributed by atoms with Crippen LogP contribution in [0.3, 0.4) is 0 Å². The Bertz CT molecular complexity index is 841. The number of nitrogens with zero attached hydrogens (tertiary/aromatic N) is 1. The number of benzene rings is 2. The lowest BCUT2D eigenvalue weighted by atomic mass is 10.0. The third kappa shape index (κ3) is 3.55. The van der Waals surface area contributed by atoms with Gasteiger partial charge < -0.3 is 9.84 Å². The SMILES string of the molecule is O=C(NCc1ccc(C(=O)c2ccc(F)cc2)cc1)c1cnoc1. The Balaban J connectivity index is 1.63. The van der Waals surface area contributed by atoms with Crippen LogP contribution >= 0.6 is 0 Å². The van der Waals surface area contributed by atoms with Gasteiger partial charge in [0.2, 0.25) is 0 Å². The fraction of sp³-hybridized carbons (Fsp3) is 0.0556. The molecule has 3 rings (SSSR count). The second-order valence-corrected chi connectivity index (χ2v) is 5.13. The number of carbonyl (C=O) groups is 2. The van der Waals surface area contributed by atoms with E-state index in [9.17, 15) is 14.0 Å². The molecule has 0 bridgehead atoms. The maximum Gasteiger partial charge on any atom is 0.256 e. The summed E-state index contributed by atoms with van der Waals surface area (Å²) in [6.45, 7) is 0.315. The van der Waals surface area contributed by atoms with Gasteiger partial charge in [-0.2, -0.15) is 0 Å². The number of halogens is 1. The van der Waals surface area contributed by atoms with E-state index >= 15 is 0 Å². The van der Waals surface area contributed by atoms with Crippen molar-refractivity contribution in [2.75, 3.05) is 0 Å². The van der Waals surface area contributed by atoms with Crippen molar-refractivity contribution in [2.45, 2.75) is 6.54 Å². The maximum absolute atomic E-state index is 12.9. The standard InChI is InChI=1S/C18H13FN2O3/c19-16-7-5-14(6-8-16)17(22)13-3-1-12(2-4-13)9-20-18(23)15-10-21-24-11-15/h1-8,10-11H,9H2,(H,20,23). The number of aromatic nitrogens is 1. The van der Waals surface area contributed by atoms with E-state index in [1.807, 2.05) is 0 Å². The van der Waals surface area contributed by atoms with E-state index in [4.69, 9.17) is 0 Å². The number of hydrogen-bond acceptors (Lipinski definition) is 4. The molecule has 2 aromatic carbocycles. The van der Waals surface area contributed by atoms with Crippen molar-refractivity contribution in [1.29, 1.82) is 0 Å². The summed E-state index contributed by atoms with van der Waals surface area (Å²) in [7, 11) is 0. The lowest BCUT2D eigenvalue weighted by Gasteiger charge is -2.05. The van der Waals surface area contributed by atoms with E-state index in [2.05, 4.69) is 15.0 Å². The van der Waals surface area contributed by atoms with Crippen molar-refractivity contribution in [1.82, 2.24) is 10.5 Å². The Morgan fingerprint density at radius 1 is 0.958 bits per heavy atom. The summed E-state index contributed by atoms with van der Waals surface area (Å²) in [5.41, 5.74) is 2.11. The molecule has 0 aliphatic rings. The Hall–Kier alpha value is -3.28. The molecule has 6 heteroatoms. The van der Waals surface area contributed by atoms with Gasteiger partial charge in [0.15, 0.2) is 5.78 Å². The lowest BCUT2D eigenvalue weighted by molar-refractivity contribution is 0.0949. The van der Waals surface area contributed by atoms with E-state index in [1.54, 1.807) is 24.3 Å². The van der Waals surface area contributed by atoms with Gasteiger partial charge in [-0.05, 0) is 29.8 Å². The van der Waals surface area contributed by atoms with Gasteiger partial charge in [0.25, 0.3) is 5.91 Å². The first-order valence-electron chi connectivity index (χ1n) is 7.20. The molecule has 0 spiro atoms. The van der Waals surface area contributed by atoms with Crippen molar-refractivity contribution in [3.8, 4) is 0 Å². The van der Waals surface area contributed by atoms with Crippen molar-refractivity contribution in [2.24, 2.45) is 0 Å². The summed E-state index contributed by atoms with van der Waals surface area (Å²) in [6.07, 6.45) is 2.60. The molecule has 1 aromatic heterocycles. The van der Waals surface area contributed by atoms with E-state index < -0.39 is 0 Å². The highest BCUT2D eigenvalue weighted by Crippen LogP contribution is 2.12. The molecule has 0 aliphatic carbocycles. The summed E-state index contributed by atoms with van der Waals surface area (Å²) in [5, 5.41) is 6.19. The number of ketones is 1. The molecule has 0 aliphatic heterocycles. The quantitative estimate of drug-likeness (QED) is 0.732. The van der Waals surface area contributed by atoms with Gasteiger partial charge in [0.1, 0.15) is 12.1 Å². The molecule has 1 amide bonds. The van der Waals surface area contributed by atoms with Crippen LogP contribution in [0.15, 0.2) is 65.5 Å². The number of nitrogens with one attached hydrogen (secondary N) is 1. The van der Waals surface area contributed by atoms with Crippen molar-refractivity contribution >= 4 is 11.7 Å². The molecule has 5 nitrogen and oxygen atoms in total. The Kier molecular flexibility index (Phi) is 4.47. The molecule has 24 heavy (non-hydrogen) atoms. The van der Waals surface area contributed by atoms with Gasteiger partial charge in [-0.1, -0.05) is 29.4 Å². The molecular formula is C18H13FN2O3. The summed E-state index contributed by atoms with van der Waals surface area (Å²) < 4.78 is 17.5. The molecule has 0 saturated heterocycles. The minimum absolute atomic E-state index is 0.185. The summed E-state index contributed by atoms with van der Waals surface area (Å²) in [4.78, 5) is 24.1. The van der Waals surface area contributed by atoms with Crippen molar-refractivity contribution < 1.29 is 18.5 Å². The number of carbonyl (C=O) groups excluding carboxylic acids is 2. The first-order valence-corrected chi connectivity index (χ1v) is 7.20. The van der Waals surface area contributed by atoms with Crippen LogP contribution in [0.5, 0.6) is 0 Å². The van der Waals surface area contributed by atoms with Crippen LogP contribution in [-0.4, -0.2) is 16.8 Å². The van der Waals surface area contributed by atoms with Crippen LogP contribution in [0.2, 0.25) is 0 Å². The molecule has 0 fully saturated rings. The molecule has 1 N–H and O–H groups in total. The van der Waals surface area contributed by atoms with Crippen LogP contribution in [0.4, 0.5) is 4.39 Å². The molecule has 0 saturated carbocycles. The number of amides is 1. The third-order valence-electron chi connectivity index (χ3n) is 3.47. The van der Waals surface area contributed by atoms with Gasteiger partial charge in [0.05, 0.1) is 11.8 Å². The average molecular weight is 324 g/mol. The van der Waals surface area contributed by atoms with Crippen LogP contribution < -0.4 is 5.32 Å². The van der Waals surface area contributed by atoms with Gasteiger partial charge in [-0.25, -0.2) is 4.39 Å². The predicted molar refractivity (Wildman–Crippen MR) is 83.9 cm³/mol. The zero-order chi connectivity index (χ0) is 16.9. The molecule has 1 heterocycles. The predicted octanol–water partition coefficient (Wildman–Crippen LogP) is 2.97. The lowest BCUT2D eigenvalue weighted by Crippen LogP contribution is -2.22. The molecular weight excluding hydrogens is 311 g/mol. The monoisotopic (exact) mass is 324 g/mol. The third-order valence-corrected chi connectivity index (χ3v) is 3.47. The normalized spacial score (nSPS) is 10.4. The van der Waals surface area contributed by atoms with Crippen LogP contribution in [0.1, 0.15) is 31.8 Å². The maximum atomic E-state index is 12.9. The van der Waals surface area contributed by atoms with E-state index in [0.717, 1.165) is 5.56 Å². The minimum Gasteiger partial charge on any atom is -0.364 e. The Labute approximate surface area is 137 Å². The van der Waals surface area contributed by atoms with Gasteiger partial charge >= 0.3 is 0 Å². The highest BCUT2D eigenvalue weighted by atomic mass is 19.1. The van der Waals surface area contributed by atoms with Gasteiger partial charge in [-0.3, -0.25) is 9.59 Å². The molecule has 120 valence electrons. The molecule has 3 aromatic rings. The fourth-order valence-electron chi connectivity index (χ4n) is 2.14. The molecule has 0 atom stereocenters. The fourth-order valence-corrected chi connectivity index (χ4v) is 2.14. The Morgan fingerprint density at radius 2 is 1.58 bits per heavy atom. The molecule has 0 unspecified atom stereocenters. The van der Waals surface area contributed by atoms with E-state index in [-0.39, 0.29) is 17.5 Å². The number of hydrogen-bond donors (Lipinski definition) is 1. The minimum atomic E-state index is -0.384. The summed E-state index contributed by atoms with van der Waals surface area (Å²) in [6, 6.07) is 12.3.